The molecule has 1 aliphatic heterocycles. The predicted molar refractivity (Wildman–Crippen MR) is 109 cm³/mol. The molecule has 1 saturated heterocycles. The number of carbonyl (C=O) groups is 2. The van der Waals surface area contributed by atoms with Gasteiger partial charge in [0.05, 0.1) is 17.7 Å². The maximum atomic E-state index is 12.8. The number of halogens is 1. The van der Waals surface area contributed by atoms with Crippen LogP contribution in [0.15, 0.2) is 41.3 Å². The van der Waals surface area contributed by atoms with Crippen LogP contribution in [0.1, 0.15) is 15.9 Å². The van der Waals surface area contributed by atoms with E-state index in [-0.39, 0.29) is 17.2 Å². The third kappa shape index (κ3) is 3.78. The molecule has 27 heavy (non-hydrogen) atoms. The van der Waals surface area contributed by atoms with Crippen LogP contribution in [0.5, 0.6) is 11.5 Å². The first-order chi connectivity index (χ1) is 12.8. The van der Waals surface area contributed by atoms with E-state index in [1.165, 1.54) is 30.2 Å². The average Bonchev–Trinajstić information content (AvgIpc) is 2.89. The van der Waals surface area contributed by atoms with Gasteiger partial charge in [-0.25, -0.2) is 4.79 Å². The minimum absolute atomic E-state index is 0.00790. The first-order valence-electron chi connectivity index (χ1n) is 7.49. The highest BCUT2D eigenvalue weighted by Gasteiger charge is 2.33. The van der Waals surface area contributed by atoms with Gasteiger partial charge in [-0.15, -0.1) is 0 Å². The van der Waals surface area contributed by atoms with Crippen LogP contribution >= 0.6 is 35.6 Å². The molecule has 1 aliphatic rings. The van der Waals surface area contributed by atoms with Crippen molar-refractivity contribution in [2.24, 2.45) is 0 Å². The van der Waals surface area contributed by atoms with Crippen molar-refractivity contribution in [3.63, 3.8) is 0 Å². The number of rotatable bonds is 4. The molecule has 2 aromatic rings. The number of ether oxygens (including phenoxy) is 1. The number of carbonyl (C=O) groups excluding carboxylic acids is 1. The third-order valence-electron chi connectivity index (χ3n) is 3.71. The lowest BCUT2D eigenvalue weighted by Gasteiger charge is -2.14. The molecular formula is C18H12ClNO5S2. The molecule has 3 rings (SSSR count). The molecule has 1 amide bonds. The second kappa shape index (κ2) is 7.59. The van der Waals surface area contributed by atoms with Gasteiger partial charge in [-0.05, 0) is 42.0 Å². The zero-order valence-electron chi connectivity index (χ0n) is 13.8. The lowest BCUT2D eigenvalue weighted by molar-refractivity contribution is -0.113. The molecule has 1 fully saturated rings. The number of methoxy groups -OCH3 is 1. The first-order valence-corrected chi connectivity index (χ1v) is 9.10. The van der Waals surface area contributed by atoms with Crippen molar-refractivity contribution in [1.29, 1.82) is 0 Å². The molecule has 0 radical (unpaired) electrons. The zero-order valence-corrected chi connectivity index (χ0v) is 16.2. The second-order valence-electron chi connectivity index (χ2n) is 5.42. The van der Waals surface area contributed by atoms with Crippen molar-refractivity contribution >= 4 is 63.5 Å². The molecule has 2 N–H and O–H groups in total. The Labute approximate surface area is 169 Å². The molecule has 1 heterocycles. The van der Waals surface area contributed by atoms with Gasteiger partial charge in [0.25, 0.3) is 5.91 Å². The van der Waals surface area contributed by atoms with Crippen molar-refractivity contribution in [3.8, 4) is 11.5 Å². The fourth-order valence-corrected chi connectivity index (χ4v) is 3.97. The lowest BCUT2D eigenvalue weighted by Crippen LogP contribution is -2.27. The summed E-state index contributed by atoms with van der Waals surface area (Å²) in [5.41, 5.74) is 0.600. The maximum Gasteiger partial charge on any atom is 0.339 e. The first kappa shape index (κ1) is 19.2. The molecule has 2 aromatic carbocycles. The molecule has 9 heteroatoms. The van der Waals surface area contributed by atoms with E-state index in [9.17, 15) is 19.8 Å². The van der Waals surface area contributed by atoms with Crippen molar-refractivity contribution in [3.05, 3.63) is 57.5 Å². The number of amides is 1. The Hall–Kier alpha value is -2.55. The molecule has 0 aliphatic carbocycles. The summed E-state index contributed by atoms with van der Waals surface area (Å²) in [6, 6.07) is 9.44. The number of benzene rings is 2. The Balaban J connectivity index is 2.01. The van der Waals surface area contributed by atoms with Gasteiger partial charge in [-0.1, -0.05) is 41.6 Å². The molecule has 0 spiro atoms. The van der Waals surface area contributed by atoms with Crippen LogP contribution in [0.3, 0.4) is 0 Å². The quantitative estimate of drug-likeness (QED) is 0.566. The Bertz CT molecular complexity index is 1010. The predicted octanol–water partition coefficient (Wildman–Crippen LogP) is 4.16. The largest absolute Gasteiger partial charge is 0.504 e. The van der Waals surface area contributed by atoms with E-state index in [0.29, 0.717) is 25.5 Å². The summed E-state index contributed by atoms with van der Waals surface area (Å²) in [5.74, 6) is -2.15. The van der Waals surface area contributed by atoms with Gasteiger partial charge in [-0.2, -0.15) is 0 Å². The number of hydrogen-bond donors (Lipinski definition) is 2. The highest BCUT2D eigenvalue weighted by atomic mass is 35.5. The Morgan fingerprint density at radius 3 is 2.70 bits per heavy atom. The number of aromatic carboxylic acids is 1. The molecule has 0 aromatic heterocycles. The highest BCUT2D eigenvalue weighted by molar-refractivity contribution is 8.27. The van der Waals surface area contributed by atoms with Crippen LogP contribution in [0.25, 0.3) is 6.08 Å². The van der Waals surface area contributed by atoms with Crippen molar-refractivity contribution in [2.75, 3.05) is 12.0 Å². The summed E-state index contributed by atoms with van der Waals surface area (Å²) in [6.45, 7) is 0. The minimum Gasteiger partial charge on any atom is -0.504 e. The summed E-state index contributed by atoms with van der Waals surface area (Å²) in [6.07, 6.45) is 1.50. The van der Waals surface area contributed by atoms with Crippen molar-refractivity contribution in [1.82, 2.24) is 0 Å². The standard InChI is InChI=1S/C18H12ClNO5S2/c1-25-13-6-9(5-12(15(13)21)17(23)24)7-14-16(22)20(18(26)27-14)11-4-2-3-10(19)8-11/h2-8,21H,1H3,(H,23,24)/b14-7-. The number of thioether (sulfide) groups is 1. The third-order valence-corrected chi connectivity index (χ3v) is 5.24. The molecule has 0 saturated carbocycles. The molecule has 0 bridgehead atoms. The van der Waals surface area contributed by atoms with Crippen molar-refractivity contribution in [2.45, 2.75) is 0 Å². The number of thiocarbonyl (C=S) groups is 1. The van der Waals surface area contributed by atoms with Gasteiger partial charge in [0, 0.05) is 5.02 Å². The van der Waals surface area contributed by atoms with Crippen LogP contribution in [0, 0.1) is 0 Å². The number of anilines is 1. The average molecular weight is 422 g/mol. The summed E-state index contributed by atoms with van der Waals surface area (Å²) in [4.78, 5) is 25.8. The molecule has 0 atom stereocenters. The van der Waals surface area contributed by atoms with Crippen LogP contribution in [-0.2, 0) is 4.79 Å². The zero-order chi connectivity index (χ0) is 19.7. The monoisotopic (exact) mass is 421 g/mol. The number of nitrogens with zero attached hydrogens (tertiary/aromatic N) is 1. The van der Waals surface area contributed by atoms with Crippen molar-refractivity contribution < 1.29 is 24.5 Å². The lowest BCUT2D eigenvalue weighted by atomic mass is 10.1. The van der Waals surface area contributed by atoms with Gasteiger partial charge in [-0.3, -0.25) is 9.69 Å². The van der Waals surface area contributed by atoms with Crippen LogP contribution in [0.4, 0.5) is 5.69 Å². The van der Waals surface area contributed by atoms with E-state index in [1.807, 2.05) is 0 Å². The topological polar surface area (TPSA) is 87.1 Å². The fourth-order valence-electron chi connectivity index (χ4n) is 2.49. The highest BCUT2D eigenvalue weighted by Crippen LogP contribution is 2.38. The second-order valence-corrected chi connectivity index (χ2v) is 7.53. The van der Waals surface area contributed by atoms with E-state index < -0.39 is 11.7 Å². The Kier molecular flexibility index (Phi) is 5.41. The molecular weight excluding hydrogens is 410 g/mol. The van der Waals surface area contributed by atoms with Gasteiger partial charge in [0.15, 0.2) is 15.8 Å². The number of carboxylic acid groups (broad SMARTS) is 1. The van der Waals surface area contributed by atoms with E-state index in [0.717, 1.165) is 11.8 Å². The van der Waals surface area contributed by atoms with E-state index in [2.05, 4.69) is 0 Å². The summed E-state index contributed by atoms with van der Waals surface area (Å²) >= 11 is 12.4. The Morgan fingerprint density at radius 2 is 2.07 bits per heavy atom. The van der Waals surface area contributed by atoms with Gasteiger partial charge in [0.1, 0.15) is 5.56 Å². The number of hydrogen-bond acceptors (Lipinski definition) is 6. The molecule has 138 valence electrons. The van der Waals surface area contributed by atoms with Crippen LogP contribution in [-0.4, -0.2) is 33.5 Å². The Morgan fingerprint density at radius 1 is 1.33 bits per heavy atom. The van der Waals surface area contributed by atoms with E-state index >= 15 is 0 Å². The van der Waals surface area contributed by atoms with Gasteiger partial charge < -0.3 is 14.9 Å². The molecule has 0 unspecified atom stereocenters. The van der Waals surface area contributed by atoms with E-state index in [4.69, 9.17) is 28.6 Å². The SMILES string of the molecule is COc1cc(/C=C2\SC(=S)N(c3cccc(Cl)c3)C2=O)cc(C(=O)O)c1O. The van der Waals surface area contributed by atoms with Gasteiger partial charge >= 0.3 is 5.97 Å². The van der Waals surface area contributed by atoms with E-state index in [1.54, 1.807) is 24.3 Å². The smallest absolute Gasteiger partial charge is 0.339 e. The van der Waals surface area contributed by atoms with Gasteiger partial charge in [0.2, 0.25) is 0 Å². The maximum absolute atomic E-state index is 12.8. The minimum atomic E-state index is -1.31. The number of phenols is 1. The van der Waals surface area contributed by atoms with Crippen LogP contribution < -0.4 is 9.64 Å². The number of carboxylic acids is 1. The summed E-state index contributed by atoms with van der Waals surface area (Å²) in [5, 5.41) is 19.6. The fraction of sp³-hybridized carbons (Fsp3) is 0.0556. The number of aromatic hydroxyl groups is 1. The molecule has 6 nitrogen and oxygen atoms in total. The normalized spacial score (nSPS) is 15.5. The summed E-state index contributed by atoms with van der Waals surface area (Å²) in [7, 11) is 1.31. The van der Waals surface area contributed by atoms with Crippen LogP contribution in [0.2, 0.25) is 5.02 Å². The summed E-state index contributed by atoms with van der Waals surface area (Å²) < 4.78 is 5.34.